The normalized spacial score (nSPS) is 20.0. The highest BCUT2D eigenvalue weighted by molar-refractivity contribution is 7.94. The third-order valence-electron chi connectivity index (χ3n) is 3.08. The Hall–Kier alpha value is -1.33. The molecule has 0 bridgehead atoms. The van der Waals surface area contributed by atoms with Crippen molar-refractivity contribution in [2.45, 2.75) is 25.8 Å². The summed E-state index contributed by atoms with van der Waals surface area (Å²) < 4.78 is 23.1. The monoisotopic (exact) mass is 313 g/mol. The predicted octanol–water partition coefficient (Wildman–Crippen LogP) is 2.78. The fourth-order valence-corrected chi connectivity index (χ4v) is 3.57. The highest BCUT2D eigenvalue weighted by Gasteiger charge is 2.30. The van der Waals surface area contributed by atoms with Crippen LogP contribution in [0.25, 0.3) is 0 Å². The number of sulfone groups is 1. The molecule has 0 saturated heterocycles. The fourth-order valence-electron chi connectivity index (χ4n) is 2.18. The summed E-state index contributed by atoms with van der Waals surface area (Å²) >= 11 is 5.85. The first-order valence-corrected chi connectivity index (χ1v) is 8.51. The highest BCUT2D eigenvalue weighted by Crippen LogP contribution is 2.25. The average Bonchev–Trinajstić information content (AvgIpc) is 2.73. The summed E-state index contributed by atoms with van der Waals surface area (Å²) in [6.45, 7) is 1.92. The number of nitrogens with zero attached hydrogens (tertiary/aromatic N) is 1. The summed E-state index contributed by atoms with van der Waals surface area (Å²) in [5.74, 6) is -0.146. The van der Waals surface area contributed by atoms with Crippen LogP contribution in [0, 0.1) is 0 Å². The molecule has 1 unspecified atom stereocenters. The Morgan fingerprint density at radius 2 is 2.00 bits per heavy atom. The Bertz CT molecular complexity index is 622. The van der Waals surface area contributed by atoms with E-state index >= 15 is 0 Å². The maximum Gasteiger partial charge on any atom is 0.227 e. The molecule has 0 N–H and O–H groups in total. The number of benzene rings is 1. The zero-order valence-corrected chi connectivity index (χ0v) is 12.7. The first-order valence-electron chi connectivity index (χ1n) is 6.41. The zero-order valence-electron chi connectivity index (χ0n) is 11.1. The second-order valence-electron chi connectivity index (χ2n) is 4.72. The highest BCUT2D eigenvalue weighted by atomic mass is 35.5. The number of halogens is 1. The number of rotatable bonds is 4. The number of amides is 1. The molecule has 1 aliphatic rings. The van der Waals surface area contributed by atoms with Crippen molar-refractivity contribution in [2.75, 3.05) is 10.7 Å². The molecule has 0 aromatic heterocycles. The van der Waals surface area contributed by atoms with Crippen LogP contribution in [-0.2, 0) is 14.6 Å². The van der Waals surface area contributed by atoms with E-state index in [4.69, 9.17) is 11.6 Å². The molecule has 20 heavy (non-hydrogen) atoms. The van der Waals surface area contributed by atoms with Gasteiger partial charge in [-0.2, -0.15) is 0 Å². The van der Waals surface area contributed by atoms with Crippen LogP contribution in [0.3, 0.4) is 0 Å². The third kappa shape index (κ3) is 3.41. The lowest BCUT2D eigenvalue weighted by atomic mass is 10.2. The Morgan fingerprint density at radius 3 is 2.50 bits per heavy atom. The summed E-state index contributed by atoms with van der Waals surface area (Å²) in [6, 6.07) is 6.40. The van der Waals surface area contributed by atoms with Crippen LogP contribution >= 0.6 is 11.6 Å². The second-order valence-corrected chi connectivity index (χ2v) is 7.08. The molecule has 0 aliphatic carbocycles. The number of hydrogen-bond donors (Lipinski definition) is 0. The number of carbonyl (C=O) groups excluding carboxylic acids is 1. The smallest absolute Gasteiger partial charge is 0.227 e. The minimum atomic E-state index is -3.21. The summed E-state index contributed by atoms with van der Waals surface area (Å²) in [4.78, 5) is 13.8. The topological polar surface area (TPSA) is 54.5 Å². The summed E-state index contributed by atoms with van der Waals surface area (Å²) in [5.41, 5.74) is 0.666. The van der Waals surface area contributed by atoms with Crippen molar-refractivity contribution in [3.05, 3.63) is 40.8 Å². The Labute approximate surface area is 124 Å². The van der Waals surface area contributed by atoms with Crippen molar-refractivity contribution in [3.8, 4) is 0 Å². The molecule has 1 aromatic carbocycles. The lowest BCUT2D eigenvalue weighted by Gasteiger charge is -2.27. The van der Waals surface area contributed by atoms with Gasteiger partial charge in [-0.15, -0.1) is 0 Å². The minimum Gasteiger partial charge on any atom is -0.304 e. The van der Waals surface area contributed by atoms with E-state index in [0.717, 1.165) is 0 Å². The fraction of sp³-hybridized carbons (Fsp3) is 0.357. The molecule has 6 heteroatoms. The molecule has 1 heterocycles. The van der Waals surface area contributed by atoms with Gasteiger partial charge in [-0.1, -0.05) is 18.5 Å². The Morgan fingerprint density at radius 1 is 1.35 bits per heavy atom. The van der Waals surface area contributed by atoms with Gasteiger partial charge in [0, 0.05) is 22.5 Å². The van der Waals surface area contributed by atoms with Crippen LogP contribution in [-0.4, -0.2) is 26.1 Å². The van der Waals surface area contributed by atoms with Gasteiger partial charge in [0.15, 0.2) is 9.84 Å². The van der Waals surface area contributed by atoms with E-state index in [9.17, 15) is 13.2 Å². The van der Waals surface area contributed by atoms with E-state index in [1.807, 2.05) is 6.92 Å². The van der Waals surface area contributed by atoms with Crippen LogP contribution in [0.2, 0.25) is 5.02 Å². The van der Waals surface area contributed by atoms with E-state index in [1.54, 1.807) is 35.2 Å². The lowest BCUT2D eigenvalue weighted by Crippen LogP contribution is -2.41. The molecule has 2 rings (SSSR count). The van der Waals surface area contributed by atoms with Gasteiger partial charge in [0.25, 0.3) is 0 Å². The van der Waals surface area contributed by atoms with Crippen molar-refractivity contribution in [1.82, 2.24) is 0 Å². The molecule has 4 nitrogen and oxygen atoms in total. The van der Waals surface area contributed by atoms with Crippen LogP contribution in [0.4, 0.5) is 5.69 Å². The maximum absolute atomic E-state index is 12.3. The van der Waals surface area contributed by atoms with Crippen molar-refractivity contribution >= 4 is 33.0 Å². The van der Waals surface area contributed by atoms with Gasteiger partial charge in [0.05, 0.1) is 11.8 Å². The van der Waals surface area contributed by atoms with E-state index in [-0.39, 0.29) is 11.7 Å². The van der Waals surface area contributed by atoms with Crippen molar-refractivity contribution in [3.63, 3.8) is 0 Å². The number of hydrogen-bond acceptors (Lipinski definition) is 3. The summed E-state index contributed by atoms with van der Waals surface area (Å²) in [7, 11) is -3.21. The van der Waals surface area contributed by atoms with Gasteiger partial charge in [0.1, 0.15) is 0 Å². The van der Waals surface area contributed by atoms with Crippen molar-refractivity contribution in [2.24, 2.45) is 0 Å². The molecule has 0 spiro atoms. The van der Waals surface area contributed by atoms with Crippen molar-refractivity contribution in [1.29, 1.82) is 0 Å². The van der Waals surface area contributed by atoms with E-state index in [1.165, 1.54) is 5.41 Å². The maximum atomic E-state index is 12.3. The summed E-state index contributed by atoms with van der Waals surface area (Å²) in [6.07, 6.45) is 2.66. The third-order valence-corrected chi connectivity index (χ3v) is 4.71. The molecule has 1 aromatic rings. The minimum absolute atomic E-state index is 0.0644. The molecule has 1 aliphatic heterocycles. The van der Waals surface area contributed by atoms with Gasteiger partial charge in [0.2, 0.25) is 5.91 Å². The summed E-state index contributed by atoms with van der Waals surface area (Å²) in [5, 5.41) is 1.76. The average molecular weight is 314 g/mol. The zero-order chi connectivity index (χ0) is 14.8. The van der Waals surface area contributed by atoms with Crippen LogP contribution in [0.1, 0.15) is 19.8 Å². The van der Waals surface area contributed by atoms with Gasteiger partial charge in [-0.3, -0.25) is 4.79 Å². The molecular formula is C14H16ClNO3S. The van der Waals surface area contributed by atoms with Gasteiger partial charge in [-0.25, -0.2) is 8.42 Å². The van der Waals surface area contributed by atoms with Gasteiger partial charge >= 0.3 is 0 Å². The van der Waals surface area contributed by atoms with Crippen LogP contribution in [0.5, 0.6) is 0 Å². The largest absolute Gasteiger partial charge is 0.304 e. The Kier molecular flexibility index (Phi) is 4.50. The second kappa shape index (κ2) is 5.97. The number of carbonyl (C=O) groups is 1. The standard InChI is InChI=1S/C14H16ClNO3S/c1-2-3-14(17)16(12-6-4-11(15)5-7-12)13-8-9-20(18,19)10-13/h4-9,13H,2-3,10H2,1H3. The lowest BCUT2D eigenvalue weighted by molar-refractivity contribution is -0.118. The quantitative estimate of drug-likeness (QED) is 0.859. The molecule has 1 amide bonds. The molecule has 108 valence electrons. The molecule has 0 saturated carbocycles. The number of anilines is 1. The molecular weight excluding hydrogens is 298 g/mol. The van der Waals surface area contributed by atoms with Crippen LogP contribution in [0.15, 0.2) is 35.7 Å². The van der Waals surface area contributed by atoms with E-state index in [2.05, 4.69) is 0 Å². The molecule has 0 fully saturated rings. The molecule has 1 atom stereocenters. The first kappa shape index (κ1) is 15.1. The molecule has 0 radical (unpaired) electrons. The van der Waals surface area contributed by atoms with Gasteiger partial charge in [-0.05, 0) is 36.8 Å². The SMILES string of the molecule is CCCC(=O)N(c1ccc(Cl)cc1)C1C=CS(=O)(=O)C1. The predicted molar refractivity (Wildman–Crippen MR) is 80.6 cm³/mol. The first-order chi connectivity index (χ1) is 9.43. The van der Waals surface area contributed by atoms with E-state index < -0.39 is 15.9 Å². The Balaban J connectivity index is 2.33. The van der Waals surface area contributed by atoms with Crippen molar-refractivity contribution < 1.29 is 13.2 Å². The van der Waals surface area contributed by atoms with Crippen LogP contribution < -0.4 is 4.90 Å². The van der Waals surface area contributed by atoms with E-state index in [0.29, 0.717) is 23.6 Å². The van der Waals surface area contributed by atoms with Gasteiger partial charge < -0.3 is 4.90 Å².